The van der Waals surface area contributed by atoms with E-state index in [0.717, 1.165) is 42.6 Å². The molecule has 4 heteroatoms. The number of para-hydroxylation sites is 1. The van der Waals surface area contributed by atoms with E-state index < -0.39 is 0 Å². The van der Waals surface area contributed by atoms with Crippen LogP contribution in [0.3, 0.4) is 0 Å². The molecular formula is C23H27N3O. The quantitative estimate of drug-likeness (QED) is 0.707. The lowest BCUT2D eigenvalue weighted by Gasteiger charge is -2.10. The van der Waals surface area contributed by atoms with E-state index in [9.17, 15) is 4.79 Å². The number of aromatic amines is 1. The summed E-state index contributed by atoms with van der Waals surface area (Å²) in [5.74, 6) is -0.0553. The molecule has 140 valence electrons. The minimum atomic E-state index is -0.0553. The molecule has 3 aromatic rings. The van der Waals surface area contributed by atoms with E-state index in [1.54, 1.807) is 0 Å². The average molecular weight is 361 g/mol. The fourth-order valence-electron chi connectivity index (χ4n) is 3.92. The van der Waals surface area contributed by atoms with Gasteiger partial charge in [-0.3, -0.25) is 4.79 Å². The van der Waals surface area contributed by atoms with Crippen LogP contribution in [0.1, 0.15) is 40.0 Å². The number of amides is 1. The standard InChI is InChI=1S/C23H27N3O/c1-26(2)15-14-16-10-12-17(13-11-16)24-23(27)20-8-5-7-19-18-6-3-4-9-21(18)25-22(19)20/h5,7-8,10-13,25H,3-4,6,9,14-15H2,1-2H3,(H,24,27). The van der Waals surface area contributed by atoms with Crippen molar-refractivity contribution in [1.29, 1.82) is 0 Å². The largest absolute Gasteiger partial charge is 0.358 e. The second kappa shape index (κ2) is 7.57. The number of hydrogen-bond donors (Lipinski definition) is 2. The number of hydrogen-bond acceptors (Lipinski definition) is 2. The number of H-pyrrole nitrogens is 1. The second-order valence-electron chi connectivity index (χ2n) is 7.72. The Morgan fingerprint density at radius 2 is 1.85 bits per heavy atom. The zero-order chi connectivity index (χ0) is 18.8. The Morgan fingerprint density at radius 1 is 1.07 bits per heavy atom. The molecule has 0 saturated heterocycles. The zero-order valence-corrected chi connectivity index (χ0v) is 16.1. The first-order valence-corrected chi connectivity index (χ1v) is 9.79. The van der Waals surface area contributed by atoms with Crippen molar-refractivity contribution in [1.82, 2.24) is 9.88 Å². The van der Waals surface area contributed by atoms with Gasteiger partial charge in [-0.1, -0.05) is 24.3 Å². The highest BCUT2D eigenvalue weighted by molar-refractivity contribution is 6.12. The van der Waals surface area contributed by atoms with Crippen LogP contribution in [0.25, 0.3) is 10.9 Å². The lowest BCUT2D eigenvalue weighted by atomic mass is 9.95. The summed E-state index contributed by atoms with van der Waals surface area (Å²) < 4.78 is 0. The molecule has 4 nitrogen and oxygen atoms in total. The summed E-state index contributed by atoms with van der Waals surface area (Å²) in [6, 6.07) is 14.2. The first-order chi connectivity index (χ1) is 13.1. The molecule has 0 saturated carbocycles. The topological polar surface area (TPSA) is 48.1 Å². The van der Waals surface area contributed by atoms with Crippen molar-refractivity contribution in [3.8, 4) is 0 Å². The van der Waals surface area contributed by atoms with Gasteiger partial charge in [0.1, 0.15) is 0 Å². The van der Waals surface area contributed by atoms with Crippen LogP contribution in [0, 0.1) is 0 Å². The monoisotopic (exact) mass is 361 g/mol. The number of fused-ring (bicyclic) bond motifs is 3. The van der Waals surface area contributed by atoms with Crippen LogP contribution in [-0.4, -0.2) is 36.4 Å². The van der Waals surface area contributed by atoms with Crippen LogP contribution in [-0.2, 0) is 19.3 Å². The fourth-order valence-corrected chi connectivity index (χ4v) is 3.92. The smallest absolute Gasteiger partial charge is 0.257 e. The summed E-state index contributed by atoms with van der Waals surface area (Å²) in [5.41, 5.74) is 6.52. The van der Waals surface area contributed by atoms with Gasteiger partial charge in [0.25, 0.3) is 5.91 Å². The molecule has 27 heavy (non-hydrogen) atoms. The maximum absolute atomic E-state index is 12.9. The zero-order valence-electron chi connectivity index (χ0n) is 16.1. The molecule has 1 aliphatic carbocycles. The van der Waals surface area contributed by atoms with E-state index in [1.165, 1.54) is 35.0 Å². The molecule has 4 rings (SSSR count). The molecule has 2 aromatic carbocycles. The molecule has 0 aliphatic heterocycles. The Hall–Kier alpha value is -2.59. The van der Waals surface area contributed by atoms with Gasteiger partial charge >= 0.3 is 0 Å². The Bertz CT molecular complexity index is 954. The predicted octanol–water partition coefficient (Wildman–Crippen LogP) is 4.40. The van der Waals surface area contributed by atoms with Gasteiger partial charge in [-0.2, -0.15) is 0 Å². The van der Waals surface area contributed by atoms with Crippen LogP contribution in [0.4, 0.5) is 5.69 Å². The summed E-state index contributed by atoms with van der Waals surface area (Å²) in [6.07, 6.45) is 5.65. The number of aromatic nitrogens is 1. The van der Waals surface area contributed by atoms with Crippen molar-refractivity contribution >= 4 is 22.5 Å². The third kappa shape index (κ3) is 3.76. The van der Waals surface area contributed by atoms with Gasteiger partial charge in [0.05, 0.1) is 11.1 Å². The lowest BCUT2D eigenvalue weighted by Crippen LogP contribution is -2.15. The van der Waals surface area contributed by atoms with Crippen molar-refractivity contribution in [2.24, 2.45) is 0 Å². The molecule has 0 atom stereocenters. The summed E-state index contributed by atoms with van der Waals surface area (Å²) >= 11 is 0. The van der Waals surface area contributed by atoms with Gasteiger partial charge in [0.15, 0.2) is 0 Å². The molecule has 1 aromatic heterocycles. The van der Waals surface area contributed by atoms with E-state index in [4.69, 9.17) is 0 Å². The highest BCUT2D eigenvalue weighted by Gasteiger charge is 2.19. The van der Waals surface area contributed by atoms with E-state index in [-0.39, 0.29) is 5.91 Å². The van der Waals surface area contributed by atoms with Crippen molar-refractivity contribution < 1.29 is 4.79 Å². The van der Waals surface area contributed by atoms with Gasteiger partial charge < -0.3 is 15.2 Å². The van der Waals surface area contributed by atoms with E-state index >= 15 is 0 Å². The van der Waals surface area contributed by atoms with Gasteiger partial charge in [0.2, 0.25) is 0 Å². The molecule has 0 radical (unpaired) electrons. The predicted molar refractivity (Wildman–Crippen MR) is 112 cm³/mol. The van der Waals surface area contributed by atoms with Crippen molar-refractivity contribution in [2.45, 2.75) is 32.1 Å². The molecule has 1 heterocycles. The molecule has 0 spiro atoms. The minimum Gasteiger partial charge on any atom is -0.358 e. The fraction of sp³-hybridized carbons (Fsp3) is 0.348. The number of benzene rings is 2. The van der Waals surface area contributed by atoms with Crippen LogP contribution in [0.5, 0.6) is 0 Å². The highest BCUT2D eigenvalue weighted by Crippen LogP contribution is 2.31. The first kappa shape index (κ1) is 17.8. The molecule has 0 bridgehead atoms. The highest BCUT2D eigenvalue weighted by atomic mass is 16.1. The van der Waals surface area contributed by atoms with Gasteiger partial charge in [-0.15, -0.1) is 0 Å². The third-order valence-electron chi connectivity index (χ3n) is 5.44. The first-order valence-electron chi connectivity index (χ1n) is 9.79. The van der Waals surface area contributed by atoms with Crippen molar-refractivity contribution in [3.05, 3.63) is 64.8 Å². The number of anilines is 1. The Kier molecular flexibility index (Phi) is 4.99. The molecule has 1 amide bonds. The average Bonchev–Trinajstić information content (AvgIpc) is 3.06. The summed E-state index contributed by atoms with van der Waals surface area (Å²) in [5, 5.41) is 4.26. The van der Waals surface area contributed by atoms with Crippen molar-refractivity contribution in [2.75, 3.05) is 26.0 Å². The summed E-state index contributed by atoms with van der Waals surface area (Å²) in [6.45, 7) is 1.02. The van der Waals surface area contributed by atoms with Crippen LogP contribution >= 0.6 is 0 Å². The Morgan fingerprint density at radius 3 is 2.63 bits per heavy atom. The lowest BCUT2D eigenvalue weighted by molar-refractivity contribution is 0.102. The Labute approximate surface area is 160 Å². The minimum absolute atomic E-state index is 0.0553. The van der Waals surface area contributed by atoms with Crippen LogP contribution < -0.4 is 5.32 Å². The van der Waals surface area contributed by atoms with Crippen LogP contribution in [0.2, 0.25) is 0 Å². The molecule has 0 unspecified atom stereocenters. The summed E-state index contributed by atoms with van der Waals surface area (Å²) in [7, 11) is 4.15. The van der Waals surface area contributed by atoms with Crippen molar-refractivity contribution in [3.63, 3.8) is 0 Å². The maximum atomic E-state index is 12.9. The molecule has 0 fully saturated rings. The van der Waals surface area contributed by atoms with E-state index in [0.29, 0.717) is 0 Å². The van der Waals surface area contributed by atoms with Crippen LogP contribution in [0.15, 0.2) is 42.5 Å². The second-order valence-corrected chi connectivity index (χ2v) is 7.72. The molecular weight excluding hydrogens is 334 g/mol. The summed E-state index contributed by atoms with van der Waals surface area (Å²) in [4.78, 5) is 18.6. The number of aryl methyl sites for hydroxylation is 2. The number of likely N-dealkylation sites (N-methyl/N-ethyl adjacent to an activating group) is 1. The van der Waals surface area contributed by atoms with E-state index in [2.05, 4.69) is 47.5 Å². The Balaban J connectivity index is 1.54. The SMILES string of the molecule is CN(C)CCc1ccc(NC(=O)c2cccc3c4c([nH]c23)CCCC4)cc1. The van der Waals surface area contributed by atoms with Gasteiger partial charge in [0, 0.05) is 23.3 Å². The van der Waals surface area contributed by atoms with E-state index in [1.807, 2.05) is 24.3 Å². The maximum Gasteiger partial charge on any atom is 0.257 e. The number of carbonyl (C=O) groups is 1. The number of rotatable bonds is 5. The number of nitrogens with zero attached hydrogens (tertiary/aromatic N) is 1. The normalized spacial score (nSPS) is 13.7. The molecule has 2 N–H and O–H groups in total. The van der Waals surface area contributed by atoms with Gasteiger partial charge in [-0.05, 0) is 75.5 Å². The third-order valence-corrected chi connectivity index (χ3v) is 5.44. The number of carbonyl (C=O) groups excluding carboxylic acids is 1. The van der Waals surface area contributed by atoms with Gasteiger partial charge in [-0.25, -0.2) is 0 Å². The molecule has 1 aliphatic rings. The number of nitrogens with one attached hydrogen (secondary N) is 2.